The van der Waals surface area contributed by atoms with Crippen LogP contribution in [0.1, 0.15) is 20.7 Å². The number of ketones is 1. The Morgan fingerprint density at radius 2 is 1.62 bits per heavy atom. The fourth-order valence-electron chi connectivity index (χ4n) is 1.80. The van der Waals surface area contributed by atoms with Gasteiger partial charge in [-0.05, 0) is 36.4 Å². The Labute approximate surface area is 152 Å². The number of ether oxygens (including phenoxy) is 1. The molecule has 0 aromatic heterocycles. The molecular weight excluding hydrogens is 396 g/mol. The van der Waals surface area contributed by atoms with Gasteiger partial charge in [-0.25, -0.2) is 9.79 Å². The van der Waals surface area contributed by atoms with Gasteiger partial charge in [0.25, 0.3) is 0 Å². The molecule has 0 radical (unpaired) electrons. The summed E-state index contributed by atoms with van der Waals surface area (Å²) < 4.78 is 5.90. The fraction of sp³-hybridized carbons (Fsp3) is 0.118. The minimum absolute atomic E-state index is 0.127. The number of benzene rings is 2. The van der Waals surface area contributed by atoms with Crippen LogP contribution in [0.4, 0.5) is 5.69 Å². The molecule has 7 heteroatoms. The van der Waals surface area contributed by atoms with Crippen LogP contribution < -0.4 is 5.73 Å². The topological polar surface area (TPSA) is 81.8 Å². The van der Waals surface area contributed by atoms with E-state index in [2.05, 4.69) is 20.9 Å². The summed E-state index contributed by atoms with van der Waals surface area (Å²) in [4.78, 5) is 28.0. The Bertz CT molecular complexity index is 758. The highest BCUT2D eigenvalue weighted by Crippen LogP contribution is 2.15. The van der Waals surface area contributed by atoms with Gasteiger partial charge in [-0.15, -0.1) is 11.6 Å². The molecule has 2 aromatic carbocycles. The van der Waals surface area contributed by atoms with Crippen LogP contribution in [0.2, 0.25) is 0 Å². The lowest BCUT2D eigenvalue weighted by Crippen LogP contribution is -2.14. The molecule has 24 heavy (non-hydrogen) atoms. The molecule has 0 saturated carbocycles. The maximum atomic E-state index is 12.0. The second kappa shape index (κ2) is 8.61. The molecule has 0 fully saturated rings. The highest BCUT2D eigenvalue weighted by atomic mass is 79.9. The van der Waals surface area contributed by atoms with Gasteiger partial charge >= 0.3 is 5.97 Å². The average molecular weight is 410 g/mol. The summed E-state index contributed by atoms with van der Waals surface area (Å²) in [7, 11) is 0. The molecule has 124 valence electrons. The minimum atomic E-state index is -0.582. The summed E-state index contributed by atoms with van der Waals surface area (Å²) in [5, 5.41) is 0. The minimum Gasteiger partial charge on any atom is -0.454 e. The molecule has 0 amide bonds. The van der Waals surface area contributed by atoms with Gasteiger partial charge in [0.1, 0.15) is 5.84 Å². The van der Waals surface area contributed by atoms with E-state index in [1.165, 1.54) is 0 Å². The zero-order chi connectivity index (χ0) is 17.5. The zero-order valence-corrected chi connectivity index (χ0v) is 14.9. The third-order valence-electron chi connectivity index (χ3n) is 3.01. The summed E-state index contributed by atoms with van der Waals surface area (Å²) >= 11 is 8.84. The largest absolute Gasteiger partial charge is 0.454 e. The maximum Gasteiger partial charge on any atom is 0.338 e. The number of esters is 1. The molecule has 0 heterocycles. The number of halogens is 2. The van der Waals surface area contributed by atoms with E-state index in [-0.39, 0.29) is 24.1 Å². The van der Waals surface area contributed by atoms with Crippen molar-refractivity contribution in [1.82, 2.24) is 0 Å². The number of nitrogens with two attached hydrogens (primary N) is 1. The lowest BCUT2D eigenvalue weighted by Gasteiger charge is -2.05. The molecule has 0 unspecified atom stereocenters. The molecule has 0 aliphatic heterocycles. The zero-order valence-electron chi connectivity index (χ0n) is 12.5. The molecule has 0 spiro atoms. The van der Waals surface area contributed by atoms with E-state index in [1.807, 2.05) is 0 Å². The lowest BCUT2D eigenvalue weighted by atomic mass is 10.1. The number of Topliss-reactive ketones (excluding diaryl/α,β-unsaturated/α-hetero) is 1. The number of carbonyl (C=O) groups excluding carboxylic acids is 2. The van der Waals surface area contributed by atoms with Gasteiger partial charge in [-0.2, -0.15) is 0 Å². The van der Waals surface area contributed by atoms with Gasteiger partial charge in [-0.3, -0.25) is 4.79 Å². The van der Waals surface area contributed by atoms with Crippen molar-refractivity contribution < 1.29 is 14.3 Å². The maximum absolute atomic E-state index is 12.0. The molecule has 0 bridgehead atoms. The third kappa shape index (κ3) is 5.18. The van der Waals surface area contributed by atoms with Gasteiger partial charge in [0.2, 0.25) is 0 Å². The Morgan fingerprint density at radius 1 is 1.04 bits per heavy atom. The quantitative estimate of drug-likeness (QED) is 0.259. The summed E-state index contributed by atoms with van der Waals surface area (Å²) in [5.41, 5.74) is 6.91. The first kappa shape index (κ1) is 18.2. The number of hydrogen-bond acceptors (Lipinski definition) is 4. The van der Waals surface area contributed by atoms with E-state index in [0.29, 0.717) is 16.8 Å². The van der Waals surface area contributed by atoms with Crippen molar-refractivity contribution in [1.29, 1.82) is 0 Å². The van der Waals surface area contributed by atoms with Gasteiger partial charge in [0, 0.05) is 10.0 Å². The van der Waals surface area contributed by atoms with Gasteiger partial charge in [0.05, 0.1) is 17.1 Å². The van der Waals surface area contributed by atoms with Gasteiger partial charge in [-0.1, -0.05) is 28.1 Å². The van der Waals surface area contributed by atoms with E-state index in [4.69, 9.17) is 22.1 Å². The van der Waals surface area contributed by atoms with Crippen LogP contribution in [0.15, 0.2) is 58.0 Å². The number of nitrogens with zero attached hydrogens (tertiary/aromatic N) is 1. The number of carbonyl (C=O) groups is 2. The van der Waals surface area contributed by atoms with Crippen molar-refractivity contribution in [3.8, 4) is 0 Å². The molecule has 0 saturated heterocycles. The van der Waals surface area contributed by atoms with E-state index >= 15 is 0 Å². The smallest absolute Gasteiger partial charge is 0.338 e. The second-order valence-electron chi connectivity index (χ2n) is 4.79. The SMILES string of the molecule is NC(CCl)=Nc1ccc(C(=O)OCC(=O)c2ccc(Br)cc2)cc1. The number of alkyl halides is 1. The number of amidine groups is 1. The molecule has 0 aliphatic rings. The molecule has 2 rings (SSSR count). The summed E-state index contributed by atoms with van der Waals surface area (Å²) in [6.07, 6.45) is 0. The summed E-state index contributed by atoms with van der Waals surface area (Å²) in [6, 6.07) is 13.2. The Hall–Kier alpha value is -2.18. The van der Waals surface area contributed by atoms with Gasteiger partial charge < -0.3 is 10.5 Å². The van der Waals surface area contributed by atoms with Crippen LogP contribution >= 0.6 is 27.5 Å². The van der Waals surface area contributed by atoms with Crippen LogP contribution in [0.25, 0.3) is 0 Å². The predicted molar refractivity (Wildman–Crippen MR) is 97.2 cm³/mol. The Balaban J connectivity index is 1.95. The molecule has 0 atom stereocenters. The first-order chi connectivity index (χ1) is 11.5. The molecule has 2 aromatic rings. The highest BCUT2D eigenvalue weighted by Gasteiger charge is 2.11. The van der Waals surface area contributed by atoms with Crippen molar-refractivity contribution in [3.63, 3.8) is 0 Å². The number of hydrogen-bond donors (Lipinski definition) is 1. The van der Waals surface area contributed by atoms with Crippen molar-refractivity contribution in [3.05, 3.63) is 64.1 Å². The van der Waals surface area contributed by atoms with Crippen LogP contribution in [0.3, 0.4) is 0 Å². The Morgan fingerprint density at radius 3 is 2.21 bits per heavy atom. The summed E-state index contributed by atoms with van der Waals surface area (Å²) in [5.74, 6) is -0.442. The third-order valence-corrected chi connectivity index (χ3v) is 3.82. The standard InChI is InChI=1S/C17H14BrClN2O3/c18-13-5-1-11(2-6-13)15(22)10-24-17(23)12-3-7-14(8-4-12)21-16(20)9-19/h1-8H,9-10H2,(H2,20,21). The van der Waals surface area contributed by atoms with E-state index in [9.17, 15) is 9.59 Å². The first-order valence-electron chi connectivity index (χ1n) is 6.94. The average Bonchev–Trinajstić information content (AvgIpc) is 2.60. The molecule has 2 N–H and O–H groups in total. The normalized spacial score (nSPS) is 11.2. The van der Waals surface area contributed by atoms with Crippen molar-refractivity contribution in [2.75, 3.05) is 12.5 Å². The predicted octanol–water partition coefficient (Wildman–Crippen LogP) is 3.72. The molecule has 5 nitrogen and oxygen atoms in total. The number of rotatable bonds is 6. The monoisotopic (exact) mass is 408 g/mol. The van der Waals surface area contributed by atoms with Gasteiger partial charge in [0.15, 0.2) is 12.4 Å². The number of aliphatic imine (C=N–C) groups is 1. The Kier molecular flexibility index (Phi) is 6.52. The van der Waals surface area contributed by atoms with Crippen LogP contribution in [0, 0.1) is 0 Å². The van der Waals surface area contributed by atoms with E-state index in [1.54, 1.807) is 48.5 Å². The first-order valence-corrected chi connectivity index (χ1v) is 8.27. The van der Waals surface area contributed by atoms with E-state index in [0.717, 1.165) is 4.47 Å². The van der Waals surface area contributed by atoms with Crippen molar-refractivity contribution >= 4 is 50.8 Å². The molecule has 0 aliphatic carbocycles. The highest BCUT2D eigenvalue weighted by molar-refractivity contribution is 9.10. The van der Waals surface area contributed by atoms with Crippen molar-refractivity contribution in [2.45, 2.75) is 0 Å². The second-order valence-corrected chi connectivity index (χ2v) is 5.97. The fourth-order valence-corrected chi connectivity index (χ4v) is 2.13. The van der Waals surface area contributed by atoms with Crippen LogP contribution in [-0.4, -0.2) is 30.1 Å². The van der Waals surface area contributed by atoms with Crippen LogP contribution in [0.5, 0.6) is 0 Å². The van der Waals surface area contributed by atoms with E-state index < -0.39 is 5.97 Å². The van der Waals surface area contributed by atoms with Crippen molar-refractivity contribution in [2.24, 2.45) is 10.7 Å². The lowest BCUT2D eigenvalue weighted by molar-refractivity contribution is 0.0475. The summed E-state index contributed by atoms with van der Waals surface area (Å²) in [6.45, 7) is -0.320. The van der Waals surface area contributed by atoms with Crippen LogP contribution in [-0.2, 0) is 4.74 Å². The molecular formula is C17H14BrClN2O3.